The van der Waals surface area contributed by atoms with E-state index in [2.05, 4.69) is 82.7 Å². The average Bonchev–Trinajstić information content (AvgIpc) is 3.19. The second-order valence-electron chi connectivity index (χ2n) is 8.06. The maximum atomic E-state index is 5.94. The molecule has 6 heteroatoms. The van der Waals surface area contributed by atoms with Crippen molar-refractivity contribution < 1.29 is 4.74 Å². The van der Waals surface area contributed by atoms with Crippen LogP contribution in [0.15, 0.2) is 59.6 Å². The first kappa shape index (κ1) is 24.6. The molecule has 0 aliphatic carbocycles. The van der Waals surface area contributed by atoms with E-state index in [1.807, 2.05) is 13.1 Å². The summed E-state index contributed by atoms with van der Waals surface area (Å²) < 4.78 is 5.94. The summed E-state index contributed by atoms with van der Waals surface area (Å²) in [5, 5.41) is 3.52. The zero-order chi connectivity index (χ0) is 20.5. The molecule has 1 atom stereocenters. The second kappa shape index (κ2) is 12.9. The molecule has 1 heterocycles. The summed E-state index contributed by atoms with van der Waals surface area (Å²) in [6, 6.07) is 19.2. The van der Waals surface area contributed by atoms with Crippen LogP contribution < -0.4 is 5.32 Å². The van der Waals surface area contributed by atoms with Gasteiger partial charge in [-0.2, -0.15) is 0 Å². The van der Waals surface area contributed by atoms with Crippen LogP contribution in [0.2, 0.25) is 0 Å². The SMILES string of the molecule is CN=C(NCc1ccc(CN(C)C)cc1)N1CCC(COCc2ccccc2)C1.I. The van der Waals surface area contributed by atoms with Gasteiger partial charge in [-0.1, -0.05) is 54.6 Å². The van der Waals surface area contributed by atoms with Crippen molar-refractivity contribution in [2.24, 2.45) is 10.9 Å². The van der Waals surface area contributed by atoms with E-state index in [1.165, 1.54) is 16.7 Å². The van der Waals surface area contributed by atoms with Crippen LogP contribution in [0, 0.1) is 5.92 Å². The summed E-state index contributed by atoms with van der Waals surface area (Å²) in [5.41, 5.74) is 3.84. The van der Waals surface area contributed by atoms with Crippen LogP contribution in [0.5, 0.6) is 0 Å². The summed E-state index contributed by atoms with van der Waals surface area (Å²) >= 11 is 0. The van der Waals surface area contributed by atoms with Crippen LogP contribution in [-0.2, 0) is 24.4 Å². The predicted octanol–water partition coefficient (Wildman–Crippen LogP) is 3.98. The standard InChI is InChI=1S/C24H34N4O.HI/c1-25-24(26-15-20-9-11-21(12-10-20)16-27(2)3)28-14-13-23(17-28)19-29-18-22-7-5-4-6-8-22;/h4-12,23H,13-19H2,1-3H3,(H,25,26);1H. The number of nitrogens with one attached hydrogen (secondary N) is 1. The minimum Gasteiger partial charge on any atom is -0.376 e. The Hall–Kier alpha value is -1.64. The Bertz CT molecular complexity index is 765. The topological polar surface area (TPSA) is 40.1 Å². The third-order valence-electron chi connectivity index (χ3n) is 5.23. The highest BCUT2D eigenvalue weighted by atomic mass is 127. The number of hydrogen-bond acceptors (Lipinski definition) is 3. The van der Waals surface area contributed by atoms with Crippen LogP contribution in [0.1, 0.15) is 23.1 Å². The number of likely N-dealkylation sites (tertiary alicyclic amines) is 1. The molecule has 30 heavy (non-hydrogen) atoms. The zero-order valence-corrected chi connectivity index (χ0v) is 20.7. The molecule has 1 N–H and O–H groups in total. The van der Waals surface area contributed by atoms with Gasteiger partial charge in [0.05, 0.1) is 13.2 Å². The number of benzene rings is 2. The molecule has 2 aromatic rings. The summed E-state index contributed by atoms with van der Waals surface area (Å²) in [6.45, 7) is 5.28. The molecular formula is C24H35IN4O. The lowest BCUT2D eigenvalue weighted by Crippen LogP contribution is -2.39. The average molecular weight is 522 g/mol. The van der Waals surface area contributed by atoms with Crippen LogP contribution in [-0.4, -0.2) is 56.6 Å². The fraction of sp³-hybridized carbons (Fsp3) is 0.458. The van der Waals surface area contributed by atoms with E-state index in [0.717, 1.165) is 45.2 Å². The fourth-order valence-corrected chi connectivity index (χ4v) is 3.72. The van der Waals surface area contributed by atoms with Crippen molar-refractivity contribution in [3.05, 3.63) is 71.3 Å². The van der Waals surface area contributed by atoms with Crippen molar-refractivity contribution in [1.29, 1.82) is 0 Å². The lowest BCUT2D eigenvalue weighted by molar-refractivity contribution is 0.0906. The molecule has 1 aliphatic rings. The molecule has 3 rings (SSSR count). The number of halogens is 1. The number of rotatable bonds is 8. The smallest absolute Gasteiger partial charge is 0.193 e. The Balaban J connectivity index is 0.00000320. The van der Waals surface area contributed by atoms with Crippen molar-refractivity contribution in [2.75, 3.05) is 40.8 Å². The molecular weight excluding hydrogens is 487 g/mol. The number of nitrogens with zero attached hydrogens (tertiary/aromatic N) is 3. The van der Waals surface area contributed by atoms with E-state index >= 15 is 0 Å². The molecule has 2 aromatic carbocycles. The molecule has 0 spiro atoms. The van der Waals surface area contributed by atoms with Crippen molar-refractivity contribution in [2.45, 2.75) is 26.1 Å². The Morgan fingerprint density at radius 3 is 2.43 bits per heavy atom. The first-order valence-corrected chi connectivity index (χ1v) is 10.4. The van der Waals surface area contributed by atoms with Gasteiger partial charge in [-0.15, -0.1) is 24.0 Å². The van der Waals surface area contributed by atoms with Crippen LogP contribution in [0.25, 0.3) is 0 Å². The van der Waals surface area contributed by atoms with Gasteiger partial charge in [-0.25, -0.2) is 0 Å². The molecule has 0 bridgehead atoms. The highest BCUT2D eigenvalue weighted by molar-refractivity contribution is 14.0. The van der Waals surface area contributed by atoms with Gasteiger partial charge in [0.2, 0.25) is 0 Å². The first-order chi connectivity index (χ1) is 14.1. The highest BCUT2D eigenvalue weighted by Gasteiger charge is 2.24. The van der Waals surface area contributed by atoms with Crippen LogP contribution >= 0.6 is 24.0 Å². The Morgan fingerprint density at radius 2 is 1.77 bits per heavy atom. The molecule has 1 unspecified atom stereocenters. The maximum absolute atomic E-state index is 5.94. The molecule has 1 saturated heterocycles. The van der Waals surface area contributed by atoms with Crippen LogP contribution in [0.4, 0.5) is 0 Å². The van der Waals surface area contributed by atoms with Gasteiger partial charge in [0.1, 0.15) is 0 Å². The first-order valence-electron chi connectivity index (χ1n) is 10.4. The molecule has 1 fully saturated rings. The lowest BCUT2D eigenvalue weighted by atomic mass is 10.1. The van der Waals surface area contributed by atoms with Gasteiger partial charge in [0.25, 0.3) is 0 Å². The summed E-state index contributed by atoms with van der Waals surface area (Å²) in [6.07, 6.45) is 1.15. The van der Waals surface area contributed by atoms with Gasteiger partial charge < -0.3 is 19.9 Å². The van der Waals surface area contributed by atoms with E-state index in [0.29, 0.717) is 12.5 Å². The van der Waals surface area contributed by atoms with Gasteiger partial charge in [0.15, 0.2) is 5.96 Å². The molecule has 164 valence electrons. The van der Waals surface area contributed by atoms with Gasteiger partial charge in [0, 0.05) is 39.1 Å². The number of ether oxygens (including phenoxy) is 1. The molecule has 0 saturated carbocycles. The van der Waals surface area contributed by atoms with Crippen molar-refractivity contribution in [3.63, 3.8) is 0 Å². The molecule has 5 nitrogen and oxygen atoms in total. The molecule has 0 amide bonds. The van der Waals surface area contributed by atoms with Gasteiger partial charge in [-0.05, 0) is 37.2 Å². The maximum Gasteiger partial charge on any atom is 0.193 e. The Morgan fingerprint density at radius 1 is 1.07 bits per heavy atom. The normalized spacial score (nSPS) is 16.6. The van der Waals surface area contributed by atoms with Crippen molar-refractivity contribution >= 4 is 29.9 Å². The summed E-state index contributed by atoms with van der Waals surface area (Å²) in [4.78, 5) is 9.02. The second-order valence-corrected chi connectivity index (χ2v) is 8.06. The minimum absolute atomic E-state index is 0. The summed E-state index contributed by atoms with van der Waals surface area (Å²) in [5.74, 6) is 1.54. The molecule has 0 aromatic heterocycles. The number of hydrogen-bond donors (Lipinski definition) is 1. The quantitative estimate of drug-likeness (QED) is 0.324. The van der Waals surface area contributed by atoms with E-state index in [4.69, 9.17) is 4.74 Å². The van der Waals surface area contributed by atoms with Crippen molar-refractivity contribution in [3.8, 4) is 0 Å². The Kier molecular flexibility index (Phi) is 10.6. The van der Waals surface area contributed by atoms with E-state index in [9.17, 15) is 0 Å². The zero-order valence-electron chi connectivity index (χ0n) is 18.4. The minimum atomic E-state index is 0. The fourth-order valence-electron chi connectivity index (χ4n) is 3.72. The lowest BCUT2D eigenvalue weighted by Gasteiger charge is -2.22. The van der Waals surface area contributed by atoms with E-state index in [-0.39, 0.29) is 24.0 Å². The van der Waals surface area contributed by atoms with Crippen LogP contribution in [0.3, 0.4) is 0 Å². The van der Waals surface area contributed by atoms with Gasteiger partial charge >= 0.3 is 0 Å². The van der Waals surface area contributed by atoms with Crippen molar-refractivity contribution in [1.82, 2.24) is 15.1 Å². The predicted molar refractivity (Wildman–Crippen MR) is 135 cm³/mol. The monoisotopic (exact) mass is 522 g/mol. The highest BCUT2D eigenvalue weighted by Crippen LogP contribution is 2.17. The number of guanidine groups is 1. The number of aliphatic imine (C=N–C) groups is 1. The Labute approximate surface area is 198 Å². The molecule has 0 radical (unpaired) electrons. The van der Waals surface area contributed by atoms with Gasteiger partial charge in [-0.3, -0.25) is 4.99 Å². The molecule has 1 aliphatic heterocycles. The summed E-state index contributed by atoms with van der Waals surface area (Å²) in [7, 11) is 6.05. The van der Waals surface area contributed by atoms with E-state index < -0.39 is 0 Å². The van der Waals surface area contributed by atoms with E-state index in [1.54, 1.807) is 0 Å². The third-order valence-corrected chi connectivity index (χ3v) is 5.23. The largest absolute Gasteiger partial charge is 0.376 e. The third kappa shape index (κ3) is 7.89.